The number of pyridine rings is 1. The number of nitrogens with one attached hydrogen (secondary N) is 1. The van der Waals surface area contributed by atoms with E-state index in [2.05, 4.69) is 35.9 Å². The van der Waals surface area contributed by atoms with Crippen LogP contribution in [0.3, 0.4) is 0 Å². The van der Waals surface area contributed by atoms with E-state index in [0.717, 1.165) is 42.9 Å². The van der Waals surface area contributed by atoms with E-state index in [1.807, 2.05) is 24.3 Å². The lowest BCUT2D eigenvalue weighted by Gasteiger charge is -2.27. The molecule has 0 saturated carbocycles. The SMILES string of the molecule is c1ccc(NCc2cn3c(n2)CN(c2ncccn2)CC3)nc1. The van der Waals surface area contributed by atoms with Crippen molar-refractivity contribution < 1.29 is 0 Å². The van der Waals surface area contributed by atoms with E-state index in [4.69, 9.17) is 4.98 Å². The van der Waals surface area contributed by atoms with Crippen LogP contribution in [0.2, 0.25) is 0 Å². The van der Waals surface area contributed by atoms with Crippen molar-refractivity contribution in [2.24, 2.45) is 0 Å². The molecular weight excluding hydrogens is 290 g/mol. The maximum absolute atomic E-state index is 4.72. The molecule has 0 amide bonds. The summed E-state index contributed by atoms with van der Waals surface area (Å²) in [5.41, 5.74) is 1.02. The first kappa shape index (κ1) is 13.7. The molecule has 3 aromatic heterocycles. The smallest absolute Gasteiger partial charge is 0.225 e. The monoisotopic (exact) mass is 307 g/mol. The van der Waals surface area contributed by atoms with Crippen LogP contribution in [0.15, 0.2) is 49.1 Å². The number of hydrogen-bond acceptors (Lipinski definition) is 6. The van der Waals surface area contributed by atoms with E-state index in [0.29, 0.717) is 6.54 Å². The van der Waals surface area contributed by atoms with Gasteiger partial charge in [0, 0.05) is 37.9 Å². The van der Waals surface area contributed by atoms with Gasteiger partial charge in [-0.15, -0.1) is 0 Å². The molecule has 23 heavy (non-hydrogen) atoms. The van der Waals surface area contributed by atoms with Crippen molar-refractivity contribution >= 4 is 11.8 Å². The van der Waals surface area contributed by atoms with Crippen molar-refractivity contribution in [2.45, 2.75) is 19.6 Å². The fourth-order valence-corrected chi connectivity index (χ4v) is 2.67. The molecule has 7 heteroatoms. The van der Waals surface area contributed by atoms with Crippen LogP contribution in [0, 0.1) is 0 Å². The van der Waals surface area contributed by atoms with Crippen LogP contribution in [0.5, 0.6) is 0 Å². The van der Waals surface area contributed by atoms with Crippen LogP contribution in [-0.4, -0.2) is 31.0 Å². The van der Waals surface area contributed by atoms with Gasteiger partial charge in [-0.25, -0.2) is 19.9 Å². The van der Waals surface area contributed by atoms with Crippen molar-refractivity contribution in [1.29, 1.82) is 0 Å². The molecule has 4 rings (SSSR count). The average molecular weight is 307 g/mol. The normalized spacial score (nSPS) is 13.7. The van der Waals surface area contributed by atoms with Gasteiger partial charge in [-0.05, 0) is 18.2 Å². The van der Waals surface area contributed by atoms with Gasteiger partial charge < -0.3 is 14.8 Å². The Labute approximate surface area is 134 Å². The predicted molar refractivity (Wildman–Crippen MR) is 86.9 cm³/mol. The van der Waals surface area contributed by atoms with Crippen LogP contribution >= 0.6 is 0 Å². The first-order chi connectivity index (χ1) is 11.4. The molecule has 0 radical (unpaired) electrons. The van der Waals surface area contributed by atoms with E-state index in [-0.39, 0.29) is 0 Å². The fraction of sp³-hybridized carbons (Fsp3) is 0.250. The molecule has 7 nitrogen and oxygen atoms in total. The number of aromatic nitrogens is 5. The van der Waals surface area contributed by atoms with Crippen molar-refractivity contribution in [3.05, 3.63) is 60.6 Å². The Hall–Kier alpha value is -2.96. The Balaban J connectivity index is 1.45. The van der Waals surface area contributed by atoms with Crippen LogP contribution < -0.4 is 10.2 Å². The summed E-state index contributed by atoms with van der Waals surface area (Å²) in [6.07, 6.45) is 7.42. The summed E-state index contributed by atoms with van der Waals surface area (Å²) in [4.78, 5) is 19.8. The van der Waals surface area contributed by atoms with Crippen LogP contribution in [0.25, 0.3) is 0 Å². The lowest BCUT2D eigenvalue weighted by molar-refractivity contribution is 0.551. The second-order valence-electron chi connectivity index (χ2n) is 5.38. The van der Waals surface area contributed by atoms with Gasteiger partial charge in [-0.2, -0.15) is 0 Å². The molecule has 0 aromatic carbocycles. The highest BCUT2D eigenvalue weighted by atomic mass is 15.3. The molecule has 4 heterocycles. The first-order valence-electron chi connectivity index (χ1n) is 7.60. The number of fused-ring (bicyclic) bond motifs is 1. The molecule has 0 aliphatic carbocycles. The molecular formula is C16H17N7. The molecule has 0 spiro atoms. The van der Waals surface area contributed by atoms with Gasteiger partial charge in [0.15, 0.2) is 0 Å². The van der Waals surface area contributed by atoms with Crippen molar-refractivity contribution in [3.63, 3.8) is 0 Å². The summed E-state index contributed by atoms with van der Waals surface area (Å²) in [5.74, 6) is 2.66. The molecule has 1 aliphatic rings. The summed E-state index contributed by atoms with van der Waals surface area (Å²) in [7, 11) is 0. The highest BCUT2D eigenvalue weighted by Crippen LogP contribution is 2.17. The van der Waals surface area contributed by atoms with Crippen LogP contribution in [0.1, 0.15) is 11.5 Å². The third-order valence-corrected chi connectivity index (χ3v) is 3.80. The highest BCUT2D eigenvalue weighted by Gasteiger charge is 2.20. The number of hydrogen-bond donors (Lipinski definition) is 1. The van der Waals surface area contributed by atoms with Gasteiger partial charge in [0.1, 0.15) is 11.6 Å². The minimum absolute atomic E-state index is 0.666. The second kappa shape index (κ2) is 6.04. The zero-order chi connectivity index (χ0) is 15.5. The van der Waals surface area contributed by atoms with Crippen molar-refractivity contribution in [1.82, 2.24) is 24.5 Å². The van der Waals surface area contributed by atoms with Gasteiger partial charge in [-0.3, -0.25) is 0 Å². The molecule has 1 aliphatic heterocycles. The Morgan fingerprint density at radius 1 is 1.00 bits per heavy atom. The topological polar surface area (TPSA) is 71.8 Å². The second-order valence-corrected chi connectivity index (χ2v) is 5.38. The van der Waals surface area contributed by atoms with Gasteiger partial charge >= 0.3 is 0 Å². The molecule has 0 unspecified atom stereocenters. The minimum atomic E-state index is 0.666. The Morgan fingerprint density at radius 2 is 1.87 bits per heavy atom. The molecule has 0 bridgehead atoms. The Morgan fingerprint density at radius 3 is 2.70 bits per heavy atom. The van der Waals surface area contributed by atoms with Gasteiger partial charge in [0.2, 0.25) is 5.95 Å². The minimum Gasteiger partial charge on any atom is -0.364 e. The van der Waals surface area contributed by atoms with Gasteiger partial charge in [-0.1, -0.05) is 6.07 Å². The summed E-state index contributed by atoms with van der Waals surface area (Å²) < 4.78 is 2.20. The number of nitrogens with zero attached hydrogens (tertiary/aromatic N) is 6. The van der Waals surface area contributed by atoms with E-state index < -0.39 is 0 Å². The van der Waals surface area contributed by atoms with E-state index in [1.165, 1.54) is 0 Å². The van der Waals surface area contributed by atoms with Gasteiger partial charge in [0.05, 0.1) is 18.8 Å². The van der Waals surface area contributed by atoms with Crippen LogP contribution in [0.4, 0.5) is 11.8 Å². The summed E-state index contributed by atoms with van der Waals surface area (Å²) in [6, 6.07) is 7.65. The third-order valence-electron chi connectivity index (χ3n) is 3.80. The zero-order valence-electron chi connectivity index (χ0n) is 12.6. The molecule has 1 N–H and O–H groups in total. The fourth-order valence-electron chi connectivity index (χ4n) is 2.67. The molecule has 116 valence electrons. The Bertz CT molecular complexity index is 770. The van der Waals surface area contributed by atoms with E-state index >= 15 is 0 Å². The summed E-state index contributed by atoms with van der Waals surface area (Å²) in [5, 5.41) is 3.29. The number of rotatable bonds is 4. The maximum atomic E-state index is 4.72. The highest BCUT2D eigenvalue weighted by molar-refractivity contribution is 5.34. The van der Waals surface area contributed by atoms with Crippen LogP contribution in [-0.2, 0) is 19.6 Å². The predicted octanol–water partition coefficient (Wildman–Crippen LogP) is 1.70. The maximum Gasteiger partial charge on any atom is 0.225 e. The standard InChI is InChI=1S/C16H17N7/c1-2-5-17-14(4-1)20-10-13-11-22-8-9-23(12-15(22)21-13)16-18-6-3-7-19-16/h1-7,11H,8-10,12H2,(H,17,20). The van der Waals surface area contributed by atoms with Gasteiger partial charge in [0.25, 0.3) is 0 Å². The van der Waals surface area contributed by atoms with Crippen molar-refractivity contribution in [2.75, 3.05) is 16.8 Å². The first-order valence-corrected chi connectivity index (χ1v) is 7.60. The molecule has 0 saturated heterocycles. The third kappa shape index (κ3) is 2.98. The van der Waals surface area contributed by atoms with E-state index in [1.54, 1.807) is 18.6 Å². The number of imidazole rings is 1. The quantitative estimate of drug-likeness (QED) is 0.791. The van der Waals surface area contributed by atoms with E-state index in [9.17, 15) is 0 Å². The Kier molecular flexibility index (Phi) is 3.59. The number of anilines is 2. The molecule has 0 atom stereocenters. The molecule has 3 aromatic rings. The van der Waals surface area contributed by atoms with Crippen molar-refractivity contribution in [3.8, 4) is 0 Å². The lowest BCUT2D eigenvalue weighted by atomic mass is 10.4. The summed E-state index contributed by atoms with van der Waals surface area (Å²) in [6.45, 7) is 3.18. The average Bonchev–Trinajstić information content (AvgIpc) is 3.04. The zero-order valence-corrected chi connectivity index (χ0v) is 12.6. The lowest BCUT2D eigenvalue weighted by Crippen LogP contribution is -2.34. The molecule has 0 fully saturated rings. The summed E-state index contributed by atoms with van der Waals surface area (Å²) >= 11 is 0. The largest absolute Gasteiger partial charge is 0.364 e.